The molecule has 1 saturated carbocycles. The molecule has 0 saturated heterocycles. The molecule has 1 aliphatic rings. The summed E-state index contributed by atoms with van der Waals surface area (Å²) in [5.41, 5.74) is 0.596. The summed E-state index contributed by atoms with van der Waals surface area (Å²) in [6.07, 6.45) is 3.59. The summed E-state index contributed by atoms with van der Waals surface area (Å²) >= 11 is 0. The molecule has 0 bridgehead atoms. The first-order chi connectivity index (χ1) is 5.79. The molecule has 0 spiro atoms. The Balaban J connectivity index is 2.81. The monoisotopic (exact) mass is 173 g/mol. The highest BCUT2D eigenvalue weighted by Gasteiger charge is 2.38. The fourth-order valence-corrected chi connectivity index (χ4v) is 1.63. The first-order valence-electron chi connectivity index (χ1n) is 4.11. The van der Waals surface area contributed by atoms with Gasteiger partial charge in [-0.1, -0.05) is 5.16 Å². The van der Waals surface area contributed by atoms with Crippen molar-refractivity contribution in [1.29, 1.82) is 0 Å². The lowest BCUT2D eigenvalue weighted by Crippen LogP contribution is -2.45. The number of nitrogens with zero attached hydrogens (tertiary/aromatic N) is 1. The standard InChI is InChI=1S/C8H15NO3/c1-11-8(12-2)6-4-3-5-7(8)9-10/h10H,3-6H2,1-2H3. The van der Waals surface area contributed by atoms with E-state index in [0.29, 0.717) is 5.71 Å². The summed E-state index contributed by atoms with van der Waals surface area (Å²) in [6.45, 7) is 0. The second-order valence-corrected chi connectivity index (χ2v) is 2.91. The maximum atomic E-state index is 8.72. The van der Waals surface area contributed by atoms with Gasteiger partial charge in [-0.25, -0.2) is 0 Å². The van der Waals surface area contributed by atoms with Gasteiger partial charge in [0.05, 0.1) is 0 Å². The van der Waals surface area contributed by atoms with Gasteiger partial charge in [0.25, 0.3) is 0 Å². The molecule has 0 aromatic rings. The normalized spacial score (nSPS) is 26.0. The van der Waals surface area contributed by atoms with Gasteiger partial charge in [-0.05, 0) is 19.3 Å². The molecule has 1 N–H and O–H groups in total. The van der Waals surface area contributed by atoms with Crippen LogP contribution in [-0.2, 0) is 9.47 Å². The molecule has 12 heavy (non-hydrogen) atoms. The van der Waals surface area contributed by atoms with E-state index < -0.39 is 5.79 Å². The predicted octanol–water partition coefficient (Wildman–Crippen LogP) is 1.38. The van der Waals surface area contributed by atoms with E-state index in [9.17, 15) is 0 Å². The van der Waals surface area contributed by atoms with Gasteiger partial charge in [-0.2, -0.15) is 0 Å². The maximum Gasteiger partial charge on any atom is 0.211 e. The molecule has 0 heterocycles. The fraction of sp³-hybridized carbons (Fsp3) is 0.875. The Morgan fingerprint density at radius 1 is 1.33 bits per heavy atom. The van der Waals surface area contributed by atoms with Gasteiger partial charge in [0, 0.05) is 20.6 Å². The van der Waals surface area contributed by atoms with Crippen LogP contribution in [0.5, 0.6) is 0 Å². The van der Waals surface area contributed by atoms with E-state index in [0.717, 1.165) is 25.7 Å². The van der Waals surface area contributed by atoms with Crippen LogP contribution in [0.2, 0.25) is 0 Å². The van der Waals surface area contributed by atoms with Gasteiger partial charge in [0.15, 0.2) is 0 Å². The molecular formula is C8H15NO3. The second kappa shape index (κ2) is 3.87. The highest BCUT2D eigenvalue weighted by molar-refractivity contribution is 5.91. The van der Waals surface area contributed by atoms with Crippen molar-refractivity contribution in [3.8, 4) is 0 Å². The predicted molar refractivity (Wildman–Crippen MR) is 44.4 cm³/mol. The molecular weight excluding hydrogens is 158 g/mol. The Bertz CT molecular complexity index is 175. The van der Waals surface area contributed by atoms with Crippen molar-refractivity contribution in [3.63, 3.8) is 0 Å². The molecule has 0 aliphatic heterocycles. The van der Waals surface area contributed by atoms with E-state index in [-0.39, 0.29) is 0 Å². The molecule has 1 aliphatic carbocycles. The number of hydrogen-bond donors (Lipinski definition) is 1. The lowest BCUT2D eigenvalue weighted by Gasteiger charge is -2.34. The minimum Gasteiger partial charge on any atom is -0.411 e. The van der Waals surface area contributed by atoms with E-state index in [1.165, 1.54) is 0 Å². The highest BCUT2D eigenvalue weighted by atomic mass is 16.7. The molecule has 4 nitrogen and oxygen atoms in total. The van der Waals surface area contributed by atoms with E-state index in [4.69, 9.17) is 14.7 Å². The molecule has 70 valence electrons. The van der Waals surface area contributed by atoms with E-state index >= 15 is 0 Å². The van der Waals surface area contributed by atoms with Crippen molar-refractivity contribution in [2.24, 2.45) is 5.16 Å². The zero-order chi connectivity index (χ0) is 9.03. The molecule has 1 fully saturated rings. The van der Waals surface area contributed by atoms with Gasteiger partial charge < -0.3 is 14.7 Å². The number of hydrogen-bond acceptors (Lipinski definition) is 4. The molecule has 0 aromatic carbocycles. The molecule has 0 unspecified atom stereocenters. The van der Waals surface area contributed by atoms with Gasteiger partial charge in [0.1, 0.15) is 5.71 Å². The van der Waals surface area contributed by atoms with Crippen molar-refractivity contribution in [2.45, 2.75) is 31.5 Å². The SMILES string of the molecule is COC1(OC)CCCCC1=NO. The average Bonchev–Trinajstić information content (AvgIpc) is 2.17. The molecule has 0 aromatic heterocycles. The Morgan fingerprint density at radius 3 is 2.42 bits per heavy atom. The first-order valence-corrected chi connectivity index (χ1v) is 4.11. The van der Waals surface area contributed by atoms with Crippen LogP contribution >= 0.6 is 0 Å². The zero-order valence-electron chi connectivity index (χ0n) is 7.54. The van der Waals surface area contributed by atoms with Crippen molar-refractivity contribution in [1.82, 2.24) is 0 Å². The van der Waals surface area contributed by atoms with Crippen LogP contribution in [0, 0.1) is 0 Å². The number of rotatable bonds is 2. The van der Waals surface area contributed by atoms with Crippen LogP contribution in [-0.4, -0.2) is 30.9 Å². The van der Waals surface area contributed by atoms with Crippen molar-refractivity contribution >= 4 is 5.71 Å². The Kier molecular flexibility index (Phi) is 3.05. The maximum absolute atomic E-state index is 8.72. The van der Waals surface area contributed by atoms with Crippen LogP contribution in [0.1, 0.15) is 25.7 Å². The molecule has 0 radical (unpaired) electrons. The summed E-state index contributed by atoms with van der Waals surface area (Å²) in [5.74, 6) is -0.771. The zero-order valence-corrected chi connectivity index (χ0v) is 7.54. The third-order valence-electron chi connectivity index (χ3n) is 2.39. The van der Waals surface area contributed by atoms with Gasteiger partial charge >= 0.3 is 0 Å². The van der Waals surface area contributed by atoms with Crippen molar-refractivity contribution in [2.75, 3.05) is 14.2 Å². The van der Waals surface area contributed by atoms with E-state index in [2.05, 4.69) is 5.16 Å². The van der Waals surface area contributed by atoms with Gasteiger partial charge in [-0.15, -0.1) is 0 Å². The van der Waals surface area contributed by atoms with Crippen LogP contribution in [0.3, 0.4) is 0 Å². The summed E-state index contributed by atoms with van der Waals surface area (Å²) < 4.78 is 10.4. The second-order valence-electron chi connectivity index (χ2n) is 2.91. The Hall–Kier alpha value is -0.610. The number of oxime groups is 1. The van der Waals surface area contributed by atoms with Gasteiger partial charge in [-0.3, -0.25) is 0 Å². The van der Waals surface area contributed by atoms with Crippen LogP contribution in [0.4, 0.5) is 0 Å². The fourth-order valence-electron chi connectivity index (χ4n) is 1.63. The van der Waals surface area contributed by atoms with Crippen molar-refractivity contribution in [3.05, 3.63) is 0 Å². The Morgan fingerprint density at radius 2 is 2.00 bits per heavy atom. The average molecular weight is 173 g/mol. The van der Waals surface area contributed by atoms with Crippen LogP contribution < -0.4 is 0 Å². The number of methoxy groups -OCH3 is 2. The van der Waals surface area contributed by atoms with E-state index in [1.807, 2.05) is 0 Å². The third kappa shape index (κ3) is 1.44. The molecule has 0 amide bonds. The minimum absolute atomic E-state index is 0.596. The summed E-state index contributed by atoms with van der Waals surface area (Å²) in [7, 11) is 3.14. The lowest BCUT2D eigenvalue weighted by atomic mass is 9.92. The number of ether oxygens (including phenoxy) is 2. The largest absolute Gasteiger partial charge is 0.411 e. The third-order valence-corrected chi connectivity index (χ3v) is 2.39. The van der Waals surface area contributed by atoms with E-state index in [1.54, 1.807) is 14.2 Å². The first kappa shape index (κ1) is 9.48. The highest BCUT2D eigenvalue weighted by Crippen LogP contribution is 2.29. The quantitative estimate of drug-likeness (QED) is 0.390. The van der Waals surface area contributed by atoms with Crippen LogP contribution in [0.15, 0.2) is 5.16 Å². The smallest absolute Gasteiger partial charge is 0.211 e. The van der Waals surface area contributed by atoms with Crippen LogP contribution in [0.25, 0.3) is 0 Å². The summed E-state index contributed by atoms with van der Waals surface area (Å²) in [6, 6.07) is 0. The topological polar surface area (TPSA) is 51.0 Å². The molecule has 4 heteroatoms. The summed E-state index contributed by atoms with van der Waals surface area (Å²) in [5, 5.41) is 11.9. The summed E-state index contributed by atoms with van der Waals surface area (Å²) in [4.78, 5) is 0. The molecule has 0 atom stereocenters. The lowest BCUT2D eigenvalue weighted by molar-refractivity contribution is -0.164. The van der Waals surface area contributed by atoms with Gasteiger partial charge in [0.2, 0.25) is 5.79 Å². The minimum atomic E-state index is -0.771. The Labute approximate surface area is 72.2 Å². The van der Waals surface area contributed by atoms with Crippen molar-refractivity contribution < 1.29 is 14.7 Å². The molecule has 1 rings (SSSR count).